The van der Waals surface area contributed by atoms with Gasteiger partial charge in [0.2, 0.25) is 0 Å². The summed E-state index contributed by atoms with van der Waals surface area (Å²) in [6, 6.07) is 0.472. The second kappa shape index (κ2) is 7.67. The fourth-order valence-electron chi connectivity index (χ4n) is 1.94. The van der Waals surface area contributed by atoms with Crippen LogP contribution < -0.4 is 5.32 Å². The molecule has 0 bridgehead atoms. The minimum atomic E-state index is -0.637. The normalized spacial score (nSPS) is 18.8. The Morgan fingerprint density at radius 1 is 1.47 bits per heavy atom. The highest BCUT2D eigenvalue weighted by Gasteiger charge is 2.24. The number of aliphatic hydroxyl groups is 1. The van der Waals surface area contributed by atoms with Crippen molar-refractivity contribution in [3.8, 4) is 0 Å². The lowest BCUT2D eigenvalue weighted by atomic mass is 10.1. The summed E-state index contributed by atoms with van der Waals surface area (Å²) in [6.45, 7) is 4.77. The maximum absolute atomic E-state index is 11.1. The summed E-state index contributed by atoms with van der Waals surface area (Å²) in [5.41, 5.74) is 0. The highest BCUT2D eigenvalue weighted by atomic mass is 16.5. The summed E-state index contributed by atoms with van der Waals surface area (Å²) < 4.78 is 4.79. The number of rotatable bonds is 9. The number of nitrogens with one attached hydrogen (secondary N) is 1. The zero-order valence-electron chi connectivity index (χ0n) is 10.9. The highest BCUT2D eigenvalue weighted by Crippen LogP contribution is 2.33. The predicted octanol–water partition coefficient (Wildman–Crippen LogP) is 1.47. The van der Waals surface area contributed by atoms with Crippen molar-refractivity contribution in [2.45, 2.75) is 58.1 Å². The third-order valence-corrected chi connectivity index (χ3v) is 3.16. The molecule has 1 aliphatic carbocycles. The molecule has 0 heterocycles. The van der Waals surface area contributed by atoms with E-state index in [1.54, 1.807) is 6.92 Å². The van der Waals surface area contributed by atoms with Crippen LogP contribution in [0.4, 0.5) is 0 Å². The summed E-state index contributed by atoms with van der Waals surface area (Å²) in [6.07, 6.45) is 4.42. The first-order valence-electron chi connectivity index (χ1n) is 6.72. The second-order valence-corrected chi connectivity index (χ2v) is 4.86. The monoisotopic (exact) mass is 243 g/mol. The van der Waals surface area contributed by atoms with Crippen molar-refractivity contribution in [3.05, 3.63) is 0 Å². The Kier molecular flexibility index (Phi) is 6.52. The molecule has 17 heavy (non-hydrogen) atoms. The Balaban J connectivity index is 2.11. The molecule has 1 aliphatic rings. The van der Waals surface area contributed by atoms with E-state index in [0.717, 1.165) is 12.3 Å². The third kappa shape index (κ3) is 6.64. The minimum Gasteiger partial charge on any atom is -0.466 e. The van der Waals surface area contributed by atoms with Gasteiger partial charge < -0.3 is 15.2 Å². The molecule has 0 saturated heterocycles. The van der Waals surface area contributed by atoms with E-state index in [1.807, 2.05) is 0 Å². The average molecular weight is 243 g/mol. The Hall–Kier alpha value is -0.610. The van der Waals surface area contributed by atoms with Crippen molar-refractivity contribution in [3.63, 3.8) is 0 Å². The first kappa shape index (κ1) is 14.5. The lowest BCUT2D eigenvalue weighted by Gasteiger charge is -2.19. The molecule has 2 N–H and O–H groups in total. The minimum absolute atomic E-state index is 0.0840. The van der Waals surface area contributed by atoms with Gasteiger partial charge in [0.15, 0.2) is 0 Å². The molecule has 1 fully saturated rings. The van der Waals surface area contributed by atoms with Gasteiger partial charge in [0.1, 0.15) is 0 Å². The first-order valence-corrected chi connectivity index (χ1v) is 6.72. The molecule has 2 atom stereocenters. The zero-order valence-corrected chi connectivity index (χ0v) is 10.9. The van der Waals surface area contributed by atoms with Gasteiger partial charge in [-0.1, -0.05) is 19.8 Å². The smallest absolute Gasteiger partial charge is 0.308 e. The molecule has 0 aromatic rings. The van der Waals surface area contributed by atoms with Gasteiger partial charge in [0.05, 0.1) is 19.1 Å². The van der Waals surface area contributed by atoms with E-state index in [0.29, 0.717) is 19.2 Å². The van der Waals surface area contributed by atoms with Crippen LogP contribution in [0, 0.1) is 5.92 Å². The van der Waals surface area contributed by atoms with Crippen molar-refractivity contribution >= 4 is 5.97 Å². The van der Waals surface area contributed by atoms with Gasteiger partial charge in [-0.2, -0.15) is 0 Å². The van der Waals surface area contributed by atoms with Crippen LogP contribution >= 0.6 is 0 Å². The first-order chi connectivity index (χ1) is 8.15. The quantitative estimate of drug-likeness (QED) is 0.602. The number of aliphatic hydroxyl groups excluding tert-OH is 1. The highest BCUT2D eigenvalue weighted by molar-refractivity contribution is 5.69. The molecule has 0 spiro atoms. The second-order valence-electron chi connectivity index (χ2n) is 4.86. The molecule has 0 radical (unpaired) electrons. The van der Waals surface area contributed by atoms with E-state index in [-0.39, 0.29) is 12.4 Å². The van der Waals surface area contributed by atoms with Crippen molar-refractivity contribution in [2.24, 2.45) is 5.92 Å². The molecule has 0 amide bonds. The summed E-state index contributed by atoms with van der Waals surface area (Å²) in [7, 11) is 0. The number of carbonyl (C=O) groups excluding carboxylic acids is 1. The summed E-state index contributed by atoms with van der Waals surface area (Å²) in [5, 5.41) is 13.0. The maximum atomic E-state index is 11.1. The topological polar surface area (TPSA) is 58.6 Å². The zero-order chi connectivity index (χ0) is 12.7. The van der Waals surface area contributed by atoms with Crippen molar-refractivity contribution < 1.29 is 14.6 Å². The van der Waals surface area contributed by atoms with Crippen LogP contribution in [0.2, 0.25) is 0 Å². The van der Waals surface area contributed by atoms with Gasteiger partial charge in [-0.05, 0) is 25.7 Å². The van der Waals surface area contributed by atoms with E-state index >= 15 is 0 Å². The fourth-order valence-corrected chi connectivity index (χ4v) is 1.94. The average Bonchev–Trinajstić information content (AvgIpc) is 3.08. The van der Waals surface area contributed by atoms with Crippen molar-refractivity contribution in [2.75, 3.05) is 13.2 Å². The standard InChI is InChI=1S/C13H25NO3/c1-3-11(7-10-5-6-10)14-9-12(15)8-13(16)17-4-2/h10-12,14-15H,3-9H2,1-2H3. The van der Waals surface area contributed by atoms with E-state index in [1.165, 1.54) is 19.3 Å². The van der Waals surface area contributed by atoms with Crippen LogP contribution in [0.15, 0.2) is 0 Å². The molecule has 1 rings (SSSR count). The van der Waals surface area contributed by atoms with Gasteiger partial charge in [-0.3, -0.25) is 4.79 Å². The summed E-state index contributed by atoms with van der Waals surface area (Å²) in [5.74, 6) is 0.562. The Morgan fingerprint density at radius 3 is 2.71 bits per heavy atom. The lowest BCUT2D eigenvalue weighted by Crippen LogP contribution is -2.36. The van der Waals surface area contributed by atoms with Crippen molar-refractivity contribution in [1.29, 1.82) is 0 Å². The lowest BCUT2D eigenvalue weighted by molar-refractivity contribution is -0.145. The number of carbonyl (C=O) groups is 1. The van der Waals surface area contributed by atoms with Gasteiger partial charge in [-0.15, -0.1) is 0 Å². The molecular formula is C13H25NO3. The molecule has 4 heteroatoms. The van der Waals surface area contributed by atoms with Gasteiger partial charge >= 0.3 is 5.97 Å². The Labute approximate surface area is 104 Å². The van der Waals surface area contributed by atoms with Gasteiger partial charge in [-0.25, -0.2) is 0 Å². The summed E-state index contributed by atoms with van der Waals surface area (Å²) >= 11 is 0. The summed E-state index contributed by atoms with van der Waals surface area (Å²) in [4.78, 5) is 11.1. The number of hydrogen-bond acceptors (Lipinski definition) is 4. The third-order valence-electron chi connectivity index (χ3n) is 3.16. The van der Waals surface area contributed by atoms with E-state index in [2.05, 4.69) is 12.2 Å². The van der Waals surface area contributed by atoms with Crippen LogP contribution in [0.25, 0.3) is 0 Å². The predicted molar refractivity (Wildman–Crippen MR) is 66.7 cm³/mol. The molecule has 2 unspecified atom stereocenters. The Bertz CT molecular complexity index is 229. The van der Waals surface area contributed by atoms with Crippen LogP contribution in [0.5, 0.6) is 0 Å². The Morgan fingerprint density at radius 2 is 2.18 bits per heavy atom. The SMILES string of the molecule is CCOC(=O)CC(O)CNC(CC)CC1CC1. The van der Waals surface area contributed by atoms with E-state index < -0.39 is 6.10 Å². The molecule has 4 nitrogen and oxygen atoms in total. The molecule has 0 aliphatic heterocycles. The molecule has 100 valence electrons. The number of hydrogen-bond donors (Lipinski definition) is 2. The van der Waals surface area contributed by atoms with Gasteiger partial charge in [0.25, 0.3) is 0 Å². The number of ether oxygens (including phenoxy) is 1. The molecule has 1 saturated carbocycles. The van der Waals surface area contributed by atoms with Gasteiger partial charge in [0, 0.05) is 12.6 Å². The van der Waals surface area contributed by atoms with Crippen LogP contribution in [-0.2, 0) is 9.53 Å². The number of esters is 1. The van der Waals surface area contributed by atoms with E-state index in [4.69, 9.17) is 4.74 Å². The molecule has 0 aromatic carbocycles. The van der Waals surface area contributed by atoms with E-state index in [9.17, 15) is 9.90 Å². The van der Waals surface area contributed by atoms with Crippen molar-refractivity contribution in [1.82, 2.24) is 5.32 Å². The fraction of sp³-hybridized carbons (Fsp3) is 0.923. The maximum Gasteiger partial charge on any atom is 0.308 e. The molecular weight excluding hydrogens is 218 g/mol. The van der Waals surface area contributed by atoms with Crippen LogP contribution in [-0.4, -0.2) is 36.4 Å². The largest absolute Gasteiger partial charge is 0.466 e. The molecule has 0 aromatic heterocycles. The van der Waals surface area contributed by atoms with Crippen LogP contribution in [0.1, 0.15) is 46.0 Å². The van der Waals surface area contributed by atoms with Crippen LogP contribution in [0.3, 0.4) is 0 Å².